The molecule has 0 radical (unpaired) electrons. The minimum atomic E-state index is -3.93. The molecule has 0 saturated heterocycles. The lowest BCUT2D eigenvalue weighted by atomic mass is 10.2. The monoisotopic (exact) mass is 399 g/mol. The van der Waals surface area contributed by atoms with E-state index in [2.05, 4.69) is 15.4 Å². The van der Waals surface area contributed by atoms with E-state index in [1.807, 2.05) is 13.8 Å². The van der Waals surface area contributed by atoms with Crippen molar-refractivity contribution in [1.29, 1.82) is 0 Å². The zero-order valence-electron chi connectivity index (χ0n) is 15.6. The number of ether oxygens (including phenoxy) is 1. The number of anilines is 1. The molecule has 1 rings (SSSR count). The molecule has 0 bridgehead atoms. The molecule has 0 unspecified atom stereocenters. The highest BCUT2D eigenvalue weighted by atomic mass is 32.2. The molecular formula is C17H25N3O6S. The Bertz CT molecular complexity index is 757. The normalized spacial score (nSPS) is 11.1. The highest BCUT2D eigenvalue weighted by Gasteiger charge is 2.17. The van der Waals surface area contributed by atoms with Crippen molar-refractivity contribution in [3.63, 3.8) is 0 Å². The van der Waals surface area contributed by atoms with Crippen molar-refractivity contribution in [2.75, 3.05) is 18.5 Å². The molecule has 0 aromatic heterocycles. The summed E-state index contributed by atoms with van der Waals surface area (Å²) in [6.45, 7) is 4.12. The number of esters is 1. The molecule has 1 aromatic rings. The number of benzene rings is 1. The number of amides is 2. The molecule has 0 aliphatic heterocycles. The van der Waals surface area contributed by atoms with Crippen molar-refractivity contribution >= 4 is 33.5 Å². The lowest BCUT2D eigenvalue weighted by Gasteiger charge is -2.14. The van der Waals surface area contributed by atoms with Gasteiger partial charge in [-0.15, -0.1) is 0 Å². The highest BCUT2D eigenvalue weighted by Crippen LogP contribution is 2.13. The van der Waals surface area contributed by atoms with Crippen LogP contribution in [-0.4, -0.2) is 45.4 Å². The van der Waals surface area contributed by atoms with Crippen molar-refractivity contribution in [3.05, 3.63) is 24.3 Å². The summed E-state index contributed by atoms with van der Waals surface area (Å²) in [5, 5.41) is 5.22. The Morgan fingerprint density at radius 1 is 1.07 bits per heavy atom. The van der Waals surface area contributed by atoms with E-state index in [9.17, 15) is 22.8 Å². The van der Waals surface area contributed by atoms with E-state index in [0.717, 1.165) is 12.8 Å². The predicted octanol–water partition coefficient (Wildman–Crippen LogP) is 0.771. The number of carbonyl (C=O) groups excluding carboxylic acids is 3. The predicted molar refractivity (Wildman–Crippen MR) is 99.4 cm³/mol. The Morgan fingerprint density at radius 3 is 2.19 bits per heavy atom. The van der Waals surface area contributed by atoms with E-state index < -0.39 is 35.1 Å². The fraction of sp³-hybridized carbons (Fsp3) is 0.471. The molecule has 0 aliphatic carbocycles. The van der Waals surface area contributed by atoms with Crippen LogP contribution in [0.2, 0.25) is 0 Å². The molecule has 150 valence electrons. The second-order valence-corrected chi connectivity index (χ2v) is 7.54. The van der Waals surface area contributed by atoms with Crippen molar-refractivity contribution < 1.29 is 27.5 Å². The standard InChI is InChI=1S/C17H25N3O6S/c1-4-13(5-2)20-16(22)11-26-17(23)10-18-27(24,25)15-8-6-14(7-9-15)19-12(3)21/h6-9,13,18H,4-5,10-11H2,1-3H3,(H,19,21)(H,20,22). The topological polar surface area (TPSA) is 131 Å². The molecule has 0 fully saturated rings. The van der Waals surface area contributed by atoms with Crippen LogP contribution in [-0.2, 0) is 29.1 Å². The molecule has 3 N–H and O–H groups in total. The van der Waals surface area contributed by atoms with Gasteiger partial charge in [0, 0.05) is 18.7 Å². The van der Waals surface area contributed by atoms with Crippen LogP contribution < -0.4 is 15.4 Å². The van der Waals surface area contributed by atoms with E-state index in [4.69, 9.17) is 4.74 Å². The number of hydrogen-bond acceptors (Lipinski definition) is 6. The minimum absolute atomic E-state index is 0.00942. The van der Waals surface area contributed by atoms with Crippen molar-refractivity contribution in [2.45, 2.75) is 44.6 Å². The lowest BCUT2D eigenvalue weighted by molar-refractivity contribution is -0.147. The van der Waals surface area contributed by atoms with Crippen LogP contribution in [0.3, 0.4) is 0 Å². The molecule has 0 aliphatic rings. The van der Waals surface area contributed by atoms with Gasteiger partial charge in [-0.1, -0.05) is 13.8 Å². The van der Waals surface area contributed by atoms with Crippen LogP contribution in [0.25, 0.3) is 0 Å². The summed E-state index contributed by atoms with van der Waals surface area (Å²) in [6.07, 6.45) is 1.52. The Morgan fingerprint density at radius 2 is 1.67 bits per heavy atom. The molecule has 9 nitrogen and oxygen atoms in total. The molecular weight excluding hydrogens is 374 g/mol. The molecule has 10 heteroatoms. The first-order chi connectivity index (χ1) is 12.7. The average Bonchev–Trinajstić information content (AvgIpc) is 2.62. The van der Waals surface area contributed by atoms with Crippen LogP contribution in [0, 0.1) is 0 Å². The molecule has 1 aromatic carbocycles. The lowest BCUT2D eigenvalue weighted by Crippen LogP contribution is -2.38. The summed E-state index contributed by atoms with van der Waals surface area (Å²) in [5.74, 6) is -1.58. The molecule has 0 saturated carbocycles. The van der Waals surface area contributed by atoms with Gasteiger partial charge in [0.25, 0.3) is 5.91 Å². The summed E-state index contributed by atoms with van der Waals surface area (Å²) in [6, 6.07) is 5.45. The maximum Gasteiger partial charge on any atom is 0.321 e. The van der Waals surface area contributed by atoms with Gasteiger partial charge in [0.1, 0.15) is 6.54 Å². The average molecular weight is 399 g/mol. The molecule has 0 heterocycles. The van der Waals surface area contributed by atoms with Crippen molar-refractivity contribution in [2.24, 2.45) is 0 Å². The largest absolute Gasteiger partial charge is 0.455 e. The van der Waals surface area contributed by atoms with E-state index in [0.29, 0.717) is 5.69 Å². The third-order valence-electron chi connectivity index (χ3n) is 3.61. The van der Waals surface area contributed by atoms with E-state index in [-0.39, 0.29) is 16.8 Å². The van der Waals surface area contributed by atoms with Gasteiger partial charge in [0.05, 0.1) is 4.90 Å². The van der Waals surface area contributed by atoms with Crippen molar-refractivity contribution in [1.82, 2.24) is 10.0 Å². The second kappa shape index (κ2) is 10.6. The number of hydrogen-bond donors (Lipinski definition) is 3. The van der Waals surface area contributed by atoms with E-state index in [1.54, 1.807) is 0 Å². The van der Waals surface area contributed by atoms with Gasteiger partial charge < -0.3 is 15.4 Å². The third kappa shape index (κ3) is 8.18. The van der Waals surface area contributed by atoms with Gasteiger partial charge in [-0.05, 0) is 37.1 Å². The van der Waals surface area contributed by atoms with E-state index in [1.165, 1.54) is 31.2 Å². The van der Waals surface area contributed by atoms with Gasteiger partial charge in [-0.25, -0.2) is 8.42 Å². The SMILES string of the molecule is CCC(CC)NC(=O)COC(=O)CNS(=O)(=O)c1ccc(NC(C)=O)cc1. The molecule has 27 heavy (non-hydrogen) atoms. The number of sulfonamides is 1. The van der Waals surface area contributed by atoms with Crippen LogP contribution >= 0.6 is 0 Å². The fourth-order valence-electron chi connectivity index (χ4n) is 2.12. The maximum absolute atomic E-state index is 12.1. The van der Waals surface area contributed by atoms with Crippen LogP contribution in [0.5, 0.6) is 0 Å². The first-order valence-electron chi connectivity index (χ1n) is 8.50. The minimum Gasteiger partial charge on any atom is -0.455 e. The van der Waals surface area contributed by atoms with Gasteiger partial charge in [-0.3, -0.25) is 14.4 Å². The van der Waals surface area contributed by atoms with Crippen LogP contribution in [0.1, 0.15) is 33.6 Å². The third-order valence-corrected chi connectivity index (χ3v) is 5.02. The Balaban J connectivity index is 2.49. The molecule has 0 spiro atoms. The quantitative estimate of drug-likeness (QED) is 0.498. The number of nitrogens with one attached hydrogen (secondary N) is 3. The van der Waals surface area contributed by atoms with E-state index >= 15 is 0 Å². The first kappa shape index (κ1) is 22.6. The number of carbonyl (C=O) groups is 3. The zero-order valence-corrected chi connectivity index (χ0v) is 16.4. The second-order valence-electron chi connectivity index (χ2n) is 5.77. The van der Waals surface area contributed by atoms with Gasteiger partial charge in [0.15, 0.2) is 6.61 Å². The maximum atomic E-state index is 12.1. The van der Waals surface area contributed by atoms with Crippen LogP contribution in [0.15, 0.2) is 29.2 Å². The summed E-state index contributed by atoms with van der Waals surface area (Å²) >= 11 is 0. The van der Waals surface area contributed by atoms with Gasteiger partial charge in [0.2, 0.25) is 15.9 Å². The Labute approximate surface area is 158 Å². The zero-order chi connectivity index (χ0) is 20.4. The highest BCUT2D eigenvalue weighted by molar-refractivity contribution is 7.89. The fourth-order valence-corrected chi connectivity index (χ4v) is 3.09. The summed E-state index contributed by atoms with van der Waals surface area (Å²) in [5.41, 5.74) is 0.448. The molecule has 2 amide bonds. The van der Waals surface area contributed by atoms with Gasteiger partial charge in [-0.2, -0.15) is 4.72 Å². The Hall–Kier alpha value is -2.46. The number of rotatable bonds is 10. The summed E-state index contributed by atoms with van der Waals surface area (Å²) < 4.78 is 31.2. The van der Waals surface area contributed by atoms with Crippen molar-refractivity contribution in [3.8, 4) is 0 Å². The molecule has 0 atom stereocenters. The summed E-state index contributed by atoms with van der Waals surface area (Å²) in [4.78, 5) is 34.2. The smallest absolute Gasteiger partial charge is 0.321 e. The first-order valence-corrected chi connectivity index (χ1v) is 9.98. The van der Waals surface area contributed by atoms with Gasteiger partial charge >= 0.3 is 5.97 Å². The van der Waals surface area contributed by atoms with Crippen LogP contribution in [0.4, 0.5) is 5.69 Å². The summed E-state index contributed by atoms with van der Waals surface area (Å²) in [7, 11) is -3.93. The Kier molecular flexibility index (Phi) is 8.89.